The number of rotatable bonds is 2. The van der Waals surface area contributed by atoms with E-state index in [-0.39, 0.29) is 11.6 Å². The minimum absolute atomic E-state index is 0.193. The predicted octanol–water partition coefficient (Wildman–Crippen LogP) is 4.34. The van der Waals surface area contributed by atoms with Crippen LogP contribution in [-0.4, -0.2) is 11.9 Å². The molecular weight excluding hydrogens is 309 g/mol. The molecule has 0 bridgehead atoms. The first-order valence-electron chi connectivity index (χ1n) is 6.17. The van der Waals surface area contributed by atoms with Crippen molar-refractivity contribution in [2.45, 2.75) is 0 Å². The number of nitrogens with zero attached hydrogens (tertiary/aromatic N) is 1. The maximum atomic E-state index is 11.9. The topological polar surface area (TPSA) is 38.7 Å². The molecule has 3 rings (SSSR count). The molecule has 0 radical (unpaired) electrons. The van der Waals surface area contributed by atoms with E-state index in [0.29, 0.717) is 21.2 Å². The Bertz CT molecular complexity index is 781. The van der Waals surface area contributed by atoms with Gasteiger partial charge in [-0.2, -0.15) is 0 Å². The maximum absolute atomic E-state index is 11.9. The molecule has 0 aromatic heterocycles. The Kier molecular flexibility index (Phi) is 3.78. The second-order valence-electron chi connectivity index (χ2n) is 4.34. The molecule has 1 aliphatic heterocycles. The van der Waals surface area contributed by atoms with Gasteiger partial charge in [-0.1, -0.05) is 53.5 Å². The van der Waals surface area contributed by atoms with Gasteiger partial charge < -0.3 is 4.74 Å². The van der Waals surface area contributed by atoms with Crippen LogP contribution in [0.15, 0.2) is 59.2 Å². The third kappa shape index (κ3) is 2.84. The highest BCUT2D eigenvalue weighted by Gasteiger charge is 2.25. The summed E-state index contributed by atoms with van der Waals surface area (Å²) in [5.41, 5.74) is 1.48. The molecule has 0 unspecified atom stereocenters. The van der Waals surface area contributed by atoms with Crippen LogP contribution in [0.4, 0.5) is 0 Å². The summed E-state index contributed by atoms with van der Waals surface area (Å²) < 4.78 is 5.17. The first-order chi connectivity index (χ1) is 10.1. The monoisotopic (exact) mass is 317 g/mol. The fourth-order valence-electron chi connectivity index (χ4n) is 1.90. The van der Waals surface area contributed by atoms with E-state index in [1.807, 2.05) is 12.1 Å². The molecule has 21 heavy (non-hydrogen) atoms. The zero-order valence-corrected chi connectivity index (χ0v) is 12.2. The number of cyclic esters (lactones) is 1. The lowest BCUT2D eigenvalue weighted by molar-refractivity contribution is -0.129. The summed E-state index contributed by atoms with van der Waals surface area (Å²) in [5, 5.41) is 1.02. The first kappa shape index (κ1) is 13.9. The van der Waals surface area contributed by atoms with Crippen molar-refractivity contribution in [1.29, 1.82) is 0 Å². The molecule has 1 heterocycles. The van der Waals surface area contributed by atoms with Gasteiger partial charge >= 0.3 is 5.97 Å². The van der Waals surface area contributed by atoms with Crippen molar-refractivity contribution in [2.24, 2.45) is 4.99 Å². The molecule has 5 heteroatoms. The number of carbonyl (C=O) groups is 1. The molecule has 0 atom stereocenters. The smallest absolute Gasteiger partial charge is 0.363 e. The molecular formula is C16H9Cl2NO2. The third-order valence-corrected chi connectivity index (χ3v) is 3.60. The van der Waals surface area contributed by atoms with Gasteiger partial charge in [0.2, 0.25) is 5.90 Å². The van der Waals surface area contributed by atoms with Gasteiger partial charge in [-0.15, -0.1) is 0 Å². The maximum Gasteiger partial charge on any atom is 0.363 e. The Morgan fingerprint density at radius 1 is 0.952 bits per heavy atom. The van der Waals surface area contributed by atoms with E-state index in [4.69, 9.17) is 27.9 Å². The summed E-state index contributed by atoms with van der Waals surface area (Å²) >= 11 is 12.1. The Morgan fingerprint density at radius 3 is 2.33 bits per heavy atom. The van der Waals surface area contributed by atoms with Crippen LogP contribution >= 0.6 is 23.2 Å². The number of hydrogen-bond acceptors (Lipinski definition) is 3. The summed E-state index contributed by atoms with van der Waals surface area (Å²) in [4.78, 5) is 16.1. The van der Waals surface area contributed by atoms with Crippen LogP contribution in [0.25, 0.3) is 6.08 Å². The fraction of sp³-hybridized carbons (Fsp3) is 0. The largest absolute Gasteiger partial charge is 0.402 e. The van der Waals surface area contributed by atoms with Crippen molar-refractivity contribution in [2.75, 3.05) is 0 Å². The molecule has 0 amide bonds. The summed E-state index contributed by atoms with van der Waals surface area (Å²) in [6, 6.07) is 14.2. The number of aliphatic imine (C=N–C) groups is 1. The fourth-order valence-corrected chi connectivity index (χ4v) is 2.31. The zero-order chi connectivity index (χ0) is 14.8. The van der Waals surface area contributed by atoms with Gasteiger partial charge in [0.1, 0.15) is 0 Å². The molecule has 0 spiro atoms. The molecule has 3 nitrogen and oxygen atoms in total. The van der Waals surface area contributed by atoms with Gasteiger partial charge in [0.05, 0.1) is 10.6 Å². The van der Waals surface area contributed by atoms with Crippen LogP contribution in [0.3, 0.4) is 0 Å². The lowest BCUT2D eigenvalue weighted by Gasteiger charge is -2.00. The number of halogens is 2. The van der Waals surface area contributed by atoms with Crippen LogP contribution in [0.2, 0.25) is 10.0 Å². The molecule has 0 aliphatic carbocycles. The van der Waals surface area contributed by atoms with Crippen LogP contribution in [0.5, 0.6) is 0 Å². The van der Waals surface area contributed by atoms with Gasteiger partial charge in [0.15, 0.2) is 5.70 Å². The highest BCUT2D eigenvalue weighted by Crippen LogP contribution is 2.25. The average molecular weight is 318 g/mol. The number of carbonyl (C=O) groups excluding carboxylic acids is 1. The highest BCUT2D eigenvalue weighted by atomic mass is 35.5. The SMILES string of the molecule is O=C1OC(c2ccccc2Cl)=N/C1=C\c1ccccc1Cl. The Hall–Kier alpha value is -2.10. The lowest BCUT2D eigenvalue weighted by atomic mass is 10.2. The standard InChI is InChI=1S/C16H9Cl2NO2/c17-12-7-3-1-5-10(12)9-14-16(20)21-15(19-14)11-6-2-4-8-13(11)18/h1-9H/b14-9-. The van der Waals surface area contributed by atoms with Crippen molar-refractivity contribution in [3.8, 4) is 0 Å². The summed E-state index contributed by atoms with van der Waals surface area (Å²) in [5.74, 6) is -0.325. The second-order valence-corrected chi connectivity index (χ2v) is 5.15. The third-order valence-electron chi connectivity index (χ3n) is 2.92. The lowest BCUT2D eigenvalue weighted by Crippen LogP contribution is -2.05. The van der Waals surface area contributed by atoms with Crippen molar-refractivity contribution < 1.29 is 9.53 Å². The van der Waals surface area contributed by atoms with E-state index >= 15 is 0 Å². The summed E-state index contributed by atoms with van der Waals surface area (Å²) in [7, 11) is 0. The van der Waals surface area contributed by atoms with Gasteiger partial charge in [-0.25, -0.2) is 9.79 Å². The van der Waals surface area contributed by atoms with E-state index in [9.17, 15) is 4.79 Å². The number of esters is 1. The van der Waals surface area contributed by atoms with Crippen LogP contribution in [0.1, 0.15) is 11.1 Å². The number of hydrogen-bond donors (Lipinski definition) is 0. The van der Waals surface area contributed by atoms with Crippen LogP contribution in [-0.2, 0) is 9.53 Å². The van der Waals surface area contributed by atoms with Gasteiger partial charge in [0.25, 0.3) is 0 Å². The van der Waals surface area contributed by atoms with Crippen molar-refractivity contribution in [1.82, 2.24) is 0 Å². The van der Waals surface area contributed by atoms with Crippen LogP contribution < -0.4 is 0 Å². The molecule has 1 aliphatic rings. The average Bonchev–Trinajstić information content (AvgIpc) is 2.83. The minimum Gasteiger partial charge on any atom is -0.402 e. The van der Waals surface area contributed by atoms with E-state index < -0.39 is 5.97 Å². The van der Waals surface area contributed by atoms with Crippen LogP contribution in [0, 0.1) is 0 Å². The van der Waals surface area contributed by atoms with E-state index in [2.05, 4.69) is 4.99 Å². The second kappa shape index (κ2) is 5.72. The Balaban J connectivity index is 2.00. The summed E-state index contributed by atoms with van der Waals surface area (Å²) in [6.07, 6.45) is 1.59. The van der Waals surface area contributed by atoms with Crippen molar-refractivity contribution in [3.63, 3.8) is 0 Å². The molecule has 0 N–H and O–H groups in total. The molecule has 0 saturated carbocycles. The number of benzene rings is 2. The van der Waals surface area contributed by atoms with E-state index in [1.165, 1.54) is 0 Å². The quantitative estimate of drug-likeness (QED) is 0.610. The summed E-state index contributed by atoms with van der Waals surface area (Å²) in [6.45, 7) is 0. The normalized spacial score (nSPS) is 16.0. The molecule has 2 aromatic rings. The van der Waals surface area contributed by atoms with Gasteiger partial charge in [-0.05, 0) is 29.8 Å². The Morgan fingerprint density at radius 2 is 1.62 bits per heavy atom. The zero-order valence-electron chi connectivity index (χ0n) is 10.7. The highest BCUT2D eigenvalue weighted by molar-refractivity contribution is 6.34. The van der Waals surface area contributed by atoms with Crippen molar-refractivity contribution >= 4 is 41.1 Å². The first-order valence-corrected chi connectivity index (χ1v) is 6.93. The van der Waals surface area contributed by atoms with E-state index in [0.717, 1.165) is 0 Å². The molecule has 0 saturated heterocycles. The van der Waals surface area contributed by atoms with Crippen molar-refractivity contribution in [3.05, 3.63) is 75.4 Å². The molecule has 104 valence electrons. The van der Waals surface area contributed by atoms with Gasteiger partial charge in [0, 0.05) is 5.02 Å². The number of ether oxygens (including phenoxy) is 1. The van der Waals surface area contributed by atoms with E-state index in [1.54, 1.807) is 42.5 Å². The minimum atomic E-state index is -0.523. The Labute approximate surface area is 131 Å². The predicted molar refractivity (Wildman–Crippen MR) is 83.5 cm³/mol. The molecule has 0 fully saturated rings. The molecule has 2 aromatic carbocycles. The van der Waals surface area contributed by atoms with Gasteiger partial charge in [-0.3, -0.25) is 0 Å².